The number of hydrogen-bond donors (Lipinski definition) is 0. The van der Waals surface area contributed by atoms with Crippen LogP contribution < -0.4 is 4.74 Å². The summed E-state index contributed by atoms with van der Waals surface area (Å²) in [4.78, 5) is -1.00. The van der Waals surface area contributed by atoms with Crippen molar-refractivity contribution in [3.8, 4) is 17.6 Å². The topological polar surface area (TPSA) is 67.2 Å². The Labute approximate surface area is 157 Å². The third-order valence-corrected chi connectivity index (χ3v) is 5.29. The molecule has 4 nitrogen and oxygen atoms in total. The maximum absolute atomic E-state index is 13.4. The maximum atomic E-state index is 13.4. The van der Waals surface area contributed by atoms with Gasteiger partial charge in [0.15, 0.2) is 0 Å². The van der Waals surface area contributed by atoms with E-state index in [1.807, 2.05) is 0 Å². The van der Waals surface area contributed by atoms with Crippen molar-refractivity contribution in [1.29, 1.82) is 5.26 Å². The summed E-state index contributed by atoms with van der Waals surface area (Å²) in [6, 6.07) is 6.55. The Bertz CT molecular complexity index is 994. The van der Waals surface area contributed by atoms with E-state index in [0.29, 0.717) is 0 Å². The molecule has 0 fully saturated rings. The van der Waals surface area contributed by atoms with E-state index < -0.39 is 26.1 Å². The zero-order chi connectivity index (χ0) is 20.4. The Kier molecular flexibility index (Phi) is 6.02. The fourth-order valence-corrected chi connectivity index (χ4v) is 3.64. The molecule has 0 aliphatic rings. The number of hydrogen-bond acceptors (Lipinski definition) is 4. The lowest BCUT2D eigenvalue weighted by Gasteiger charge is -2.16. The van der Waals surface area contributed by atoms with Crippen LogP contribution in [0, 0.1) is 17.1 Å². The smallest absolute Gasteiger partial charge is 0.456 e. The van der Waals surface area contributed by atoms with Crippen LogP contribution >= 0.6 is 11.6 Å². The summed E-state index contributed by atoms with van der Waals surface area (Å²) in [6.45, 7) is 1.62. The van der Waals surface area contributed by atoms with Crippen LogP contribution in [0.15, 0.2) is 35.2 Å². The molecule has 0 heterocycles. The Hall–Kier alpha value is -2.31. The molecule has 0 N–H and O–H groups in total. The number of alkyl halides is 3. The number of nitriles is 1. The minimum Gasteiger partial charge on any atom is -0.456 e. The van der Waals surface area contributed by atoms with Gasteiger partial charge in [0.05, 0.1) is 10.5 Å². The maximum Gasteiger partial charge on any atom is 0.501 e. The summed E-state index contributed by atoms with van der Waals surface area (Å²) < 4.78 is 81.3. The van der Waals surface area contributed by atoms with Crippen LogP contribution in [-0.4, -0.2) is 13.9 Å². The van der Waals surface area contributed by atoms with Gasteiger partial charge in [-0.2, -0.15) is 18.4 Å². The summed E-state index contributed by atoms with van der Waals surface area (Å²) in [5, 5.41) is 9.41. The first kappa shape index (κ1) is 21.0. The number of halogens is 5. The molecule has 0 aromatic heterocycles. The van der Waals surface area contributed by atoms with Crippen molar-refractivity contribution < 1.29 is 30.7 Å². The van der Waals surface area contributed by atoms with Gasteiger partial charge in [0.2, 0.25) is 0 Å². The standard InChI is InChI=1S/C17H12ClF4NO3S/c1-2-3-13-14(9-23)15(26-12-7-10(18)6-11(19)8-12)4-5-16(13)27(24,25)17(20,21)22/h4-8H,2-3H2,1H3. The van der Waals surface area contributed by atoms with E-state index in [1.165, 1.54) is 6.07 Å². The molecule has 2 rings (SSSR count). The second-order valence-electron chi connectivity index (χ2n) is 5.43. The number of nitrogens with zero attached hydrogens (tertiary/aromatic N) is 1. The van der Waals surface area contributed by atoms with Gasteiger partial charge < -0.3 is 4.74 Å². The van der Waals surface area contributed by atoms with E-state index in [4.69, 9.17) is 16.3 Å². The number of sulfone groups is 1. The van der Waals surface area contributed by atoms with Crippen LogP contribution in [0.5, 0.6) is 11.5 Å². The molecule has 0 atom stereocenters. The molecule has 0 spiro atoms. The SMILES string of the molecule is CCCc1c(S(=O)(=O)C(F)(F)F)ccc(Oc2cc(F)cc(Cl)c2)c1C#N. The molecule has 0 aliphatic carbocycles. The lowest BCUT2D eigenvalue weighted by Crippen LogP contribution is -2.24. The summed E-state index contributed by atoms with van der Waals surface area (Å²) in [6.07, 6.45) is 0.180. The molecule has 0 saturated heterocycles. The van der Waals surface area contributed by atoms with Gasteiger partial charge >= 0.3 is 5.51 Å². The van der Waals surface area contributed by atoms with Gasteiger partial charge in [0.25, 0.3) is 9.84 Å². The molecule has 0 amide bonds. The average molecular weight is 422 g/mol. The van der Waals surface area contributed by atoms with Crippen molar-refractivity contribution in [2.45, 2.75) is 30.2 Å². The van der Waals surface area contributed by atoms with E-state index in [9.17, 15) is 31.2 Å². The number of benzene rings is 2. The van der Waals surface area contributed by atoms with Crippen LogP contribution in [0.2, 0.25) is 5.02 Å². The second-order valence-corrected chi connectivity index (χ2v) is 7.78. The van der Waals surface area contributed by atoms with Crippen molar-refractivity contribution >= 4 is 21.4 Å². The zero-order valence-corrected chi connectivity index (χ0v) is 15.3. The second kappa shape index (κ2) is 7.74. The molecule has 0 bridgehead atoms. The highest BCUT2D eigenvalue weighted by Gasteiger charge is 2.48. The van der Waals surface area contributed by atoms with Gasteiger partial charge in [0, 0.05) is 11.1 Å². The first-order valence-corrected chi connectivity index (χ1v) is 9.38. The first-order chi connectivity index (χ1) is 12.5. The highest BCUT2D eigenvalue weighted by atomic mass is 35.5. The van der Waals surface area contributed by atoms with Crippen LogP contribution in [0.1, 0.15) is 24.5 Å². The number of ether oxygens (including phenoxy) is 1. The highest BCUT2D eigenvalue weighted by molar-refractivity contribution is 7.92. The molecular formula is C17H12ClF4NO3S. The van der Waals surface area contributed by atoms with Crippen LogP contribution in [-0.2, 0) is 16.3 Å². The summed E-state index contributed by atoms with van der Waals surface area (Å²) in [7, 11) is -5.65. The number of rotatable bonds is 5. The summed E-state index contributed by atoms with van der Waals surface area (Å²) in [5.41, 5.74) is -6.19. The van der Waals surface area contributed by atoms with Gasteiger partial charge in [-0.25, -0.2) is 12.8 Å². The van der Waals surface area contributed by atoms with Crippen molar-refractivity contribution in [2.75, 3.05) is 0 Å². The summed E-state index contributed by atoms with van der Waals surface area (Å²) >= 11 is 5.72. The lowest BCUT2D eigenvalue weighted by molar-refractivity contribution is -0.0436. The molecule has 0 radical (unpaired) electrons. The Morgan fingerprint density at radius 2 is 1.89 bits per heavy atom. The Morgan fingerprint density at radius 1 is 1.22 bits per heavy atom. The quantitative estimate of drug-likeness (QED) is 0.607. The van der Waals surface area contributed by atoms with Gasteiger partial charge in [-0.3, -0.25) is 0 Å². The predicted molar refractivity (Wildman–Crippen MR) is 89.9 cm³/mol. The molecule has 2 aromatic carbocycles. The third-order valence-electron chi connectivity index (χ3n) is 3.50. The van der Waals surface area contributed by atoms with Crippen molar-refractivity contribution in [3.05, 3.63) is 52.3 Å². The van der Waals surface area contributed by atoms with Gasteiger partial charge in [-0.1, -0.05) is 24.9 Å². The van der Waals surface area contributed by atoms with E-state index >= 15 is 0 Å². The molecule has 0 unspecified atom stereocenters. The fraction of sp³-hybridized carbons (Fsp3) is 0.235. The van der Waals surface area contributed by atoms with Crippen molar-refractivity contribution in [1.82, 2.24) is 0 Å². The largest absolute Gasteiger partial charge is 0.501 e. The monoisotopic (exact) mass is 421 g/mol. The van der Waals surface area contributed by atoms with Crippen molar-refractivity contribution in [2.24, 2.45) is 0 Å². The molecule has 10 heteroatoms. The van der Waals surface area contributed by atoms with Crippen LogP contribution in [0.25, 0.3) is 0 Å². The van der Waals surface area contributed by atoms with E-state index in [-0.39, 0.29) is 40.5 Å². The normalized spacial score (nSPS) is 11.9. The van der Waals surface area contributed by atoms with Crippen molar-refractivity contribution in [3.63, 3.8) is 0 Å². The highest BCUT2D eigenvalue weighted by Crippen LogP contribution is 2.38. The minimum absolute atomic E-state index is 0.00792. The van der Waals surface area contributed by atoms with Gasteiger partial charge in [-0.15, -0.1) is 0 Å². The lowest BCUT2D eigenvalue weighted by atomic mass is 10.0. The third kappa shape index (κ3) is 4.34. The van der Waals surface area contributed by atoms with Gasteiger partial charge in [0.1, 0.15) is 23.4 Å². The molecule has 2 aromatic rings. The molecule has 0 saturated carbocycles. The van der Waals surface area contributed by atoms with Crippen LogP contribution in [0.3, 0.4) is 0 Å². The molecular weight excluding hydrogens is 410 g/mol. The average Bonchev–Trinajstić information content (AvgIpc) is 2.53. The zero-order valence-electron chi connectivity index (χ0n) is 13.8. The Morgan fingerprint density at radius 3 is 2.41 bits per heavy atom. The van der Waals surface area contributed by atoms with E-state index in [2.05, 4.69) is 0 Å². The van der Waals surface area contributed by atoms with E-state index in [0.717, 1.165) is 24.3 Å². The predicted octanol–water partition coefficient (Wildman–Crippen LogP) is 5.39. The molecule has 0 aliphatic heterocycles. The van der Waals surface area contributed by atoms with Gasteiger partial charge in [-0.05, 0) is 36.2 Å². The molecule has 27 heavy (non-hydrogen) atoms. The minimum atomic E-state index is -5.65. The fourth-order valence-electron chi connectivity index (χ4n) is 2.40. The first-order valence-electron chi connectivity index (χ1n) is 7.52. The molecule has 144 valence electrons. The summed E-state index contributed by atoms with van der Waals surface area (Å²) in [5.74, 6) is -1.02. The Balaban J connectivity index is 2.66. The van der Waals surface area contributed by atoms with E-state index in [1.54, 1.807) is 13.0 Å². The van der Waals surface area contributed by atoms with Crippen LogP contribution in [0.4, 0.5) is 17.6 Å².